The van der Waals surface area contributed by atoms with Gasteiger partial charge in [-0.3, -0.25) is 14.0 Å². The van der Waals surface area contributed by atoms with Crippen LogP contribution in [0.3, 0.4) is 0 Å². The molecular formula is C18H21FO7. The topological polar surface area (TPSA) is 88.1 Å². The number of hydrogen-bond acceptors (Lipinski definition) is 7. The Labute approximate surface area is 150 Å². The standard InChI is InChI=1S/C18H21FO7/c1-10-4-6-13(7-5-10)17(22)23-9-15-14(8-19)16(24-11(2)20)18(26-15)25-12(3)21/h4-7,14-16,18H,8-9H2,1-3H3/t14-,15-,16-,18?/m1/s1. The second-order valence-corrected chi connectivity index (χ2v) is 6.01. The van der Waals surface area contributed by atoms with Crippen LogP contribution in [0.2, 0.25) is 0 Å². The number of esters is 3. The second-order valence-electron chi connectivity index (χ2n) is 6.01. The van der Waals surface area contributed by atoms with Gasteiger partial charge in [-0.25, -0.2) is 4.79 Å². The summed E-state index contributed by atoms with van der Waals surface area (Å²) >= 11 is 0. The van der Waals surface area contributed by atoms with Crippen LogP contribution in [0.5, 0.6) is 0 Å². The van der Waals surface area contributed by atoms with Crippen molar-refractivity contribution in [2.45, 2.75) is 39.3 Å². The molecule has 0 amide bonds. The Hall–Kier alpha value is -2.48. The van der Waals surface area contributed by atoms with Gasteiger partial charge in [-0.15, -0.1) is 0 Å². The van der Waals surface area contributed by atoms with Gasteiger partial charge in [-0.1, -0.05) is 17.7 Å². The molecule has 0 aromatic heterocycles. The van der Waals surface area contributed by atoms with Crippen LogP contribution in [0.1, 0.15) is 29.8 Å². The zero-order valence-electron chi connectivity index (χ0n) is 14.8. The third-order valence-corrected chi connectivity index (χ3v) is 3.90. The van der Waals surface area contributed by atoms with Gasteiger partial charge in [0.2, 0.25) is 6.29 Å². The van der Waals surface area contributed by atoms with E-state index in [0.29, 0.717) is 5.56 Å². The first kappa shape index (κ1) is 19.8. The second kappa shape index (κ2) is 8.75. The van der Waals surface area contributed by atoms with Crippen molar-refractivity contribution < 1.29 is 37.7 Å². The van der Waals surface area contributed by atoms with E-state index < -0.39 is 49.0 Å². The molecule has 8 heteroatoms. The van der Waals surface area contributed by atoms with Crippen LogP contribution in [0.15, 0.2) is 24.3 Å². The summed E-state index contributed by atoms with van der Waals surface area (Å²) in [5, 5.41) is 0. The molecule has 1 aromatic carbocycles. The first-order valence-electron chi connectivity index (χ1n) is 8.11. The van der Waals surface area contributed by atoms with Crippen LogP contribution in [-0.4, -0.2) is 49.7 Å². The molecule has 0 bridgehead atoms. The molecule has 0 N–H and O–H groups in total. The summed E-state index contributed by atoms with van der Waals surface area (Å²) in [5.41, 5.74) is 1.34. The van der Waals surface area contributed by atoms with Crippen molar-refractivity contribution in [1.82, 2.24) is 0 Å². The quantitative estimate of drug-likeness (QED) is 0.560. The van der Waals surface area contributed by atoms with E-state index in [1.165, 1.54) is 0 Å². The number of halogens is 1. The molecule has 1 fully saturated rings. The van der Waals surface area contributed by atoms with Gasteiger partial charge in [0.05, 0.1) is 18.2 Å². The lowest BCUT2D eigenvalue weighted by atomic mass is 10.0. The van der Waals surface area contributed by atoms with Crippen LogP contribution in [-0.2, 0) is 28.5 Å². The summed E-state index contributed by atoms with van der Waals surface area (Å²) in [7, 11) is 0. The lowest BCUT2D eigenvalue weighted by Crippen LogP contribution is -2.36. The SMILES string of the molecule is CC(=O)OC1O[C@H](COC(=O)c2ccc(C)cc2)[C@@H](CF)[C@H]1OC(C)=O. The van der Waals surface area contributed by atoms with Crippen molar-refractivity contribution in [1.29, 1.82) is 0 Å². The maximum Gasteiger partial charge on any atom is 0.338 e. The highest BCUT2D eigenvalue weighted by Gasteiger charge is 2.49. The highest BCUT2D eigenvalue weighted by molar-refractivity contribution is 5.89. The Morgan fingerprint density at radius 3 is 2.23 bits per heavy atom. The average Bonchev–Trinajstić information content (AvgIpc) is 2.88. The minimum absolute atomic E-state index is 0.267. The molecule has 0 spiro atoms. The summed E-state index contributed by atoms with van der Waals surface area (Å²) in [4.78, 5) is 34.5. The molecule has 0 aliphatic carbocycles. The Kier molecular flexibility index (Phi) is 6.68. The average molecular weight is 368 g/mol. The summed E-state index contributed by atoms with van der Waals surface area (Å²) in [6, 6.07) is 6.76. The number of alkyl halides is 1. The van der Waals surface area contributed by atoms with Crippen molar-refractivity contribution in [3.63, 3.8) is 0 Å². The molecule has 2 rings (SSSR count). The molecule has 0 radical (unpaired) electrons. The molecule has 1 aromatic rings. The Balaban J connectivity index is 2.04. The van der Waals surface area contributed by atoms with Crippen LogP contribution < -0.4 is 0 Å². The van der Waals surface area contributed by atoms with E-state index in [9.17, 15) is 18.8 Å². The lowest BCUT2D eigenvalue weighted by Gasteiger charge is -2.20. The number of ether oxygens (including phenoxy) is 4. The highest BCUT2D eigenvalue weighted by atomic mass is 19.1. The Morgan fingerprint density at radius 2 is 1.69 bits per heavy atom. The fourth-order valence-electron chi connectivity index (χ4n) is 2.64. The molecule has 1 aliphatic rings. The first-order valence-corrected chi connectivity index (χ1v) is 8.11. The fraction of sp³-hybridized carbons (Fsp3) is 0.500. The zero-order valence-corrected chi connectivity index (χ0v) is 14.8. The van der Waals surface area contributed by atoms with E-state index in [-0.39, 0.29) is 6.61 Å². The van der Waals surface area contributed by atoms with E-state index in [0.717, 1.165) is 19.4 Å². The molecule has 1 saturated heterocycles. The number of aryl methyl sites for hydroxylation is 1. The summed E-state index contributed by atoms with van der Waals surface area (Å²) in [5.74, 6) is -2.84. The van der Waals surface area contributed by atoms with Crippen molar-refractivity contribution >= 4 is 17.9 Å². The van der Waals surface area contributed by atoms with Crippen LogP contribution in [0, 0.1) is 12.8 Å². The fourth-order valence-corrected chi connectivity index (χ4v) is 2.64. The van der Waals surface area contributed by atoms with Gasteiger partial charge < -0.3 is 18.9 Å². The van der Waals surface area contributed by atoms with E-state index >= 15 is 0 Å². The van der Waals surface area contributed by atoms with Crippen molar-refractivity contribution in [2.24, 2.45) is 5.92 Å². The van der Waals surface area contributed by atoms with Crippen molar-refractivity contribution in [2.75, 3.05) is 13.3 Å². The van der Waals surface area contributed by atoms with E-state index in [1.807, 2.05) is 6.92 Å². The van der Waals surface area contributed by atoms with Gasteiger partial charge in [0.15, 0.2) is 6.10 Å². The first-order chi connectivity index (χ1) is 12.3. The molecular weight excluding hydrogens is 347 g/mol. The van der Waals surface area contributed by atoms with Crippen LogP contribution in [0.25, 0.3) is 0 Å². The van der Waals surface area contributed by atoms with Gasteiger partial charge in [-0.2, -0.15) is 0 Å². The van der Waals surface area contributed by atoms with E-state index in [2.05, 4.69) is 0 Å². The van der Waals surface area contributed by atoms with Gasteiger partial charge >= 0.3 is 17.9 Å². The lowest BCUT2D eigenvalue weighted by molar-refractivity contribution is -0.195. The summed E-state index contributed by atoms with van der Waals surface area (Å²) < 4.78 is 34.1. The van der Waals surface area contributed by atoms with Gasteiger partial charge in [0.25, 0.3) is 0 Å². The smallest absolute Gasteiger partial charge is 0.338 e. The van der Waals surface area contributed by atoms with Crippen molar-refractivity contribution in [3.8, 4) is 0 Å². The molecule has 1 unspecified atom stereocenters. The summed E-state index contributed by atoms with van der Waals surface area (Å²) in [6.45, 7) is 3.03. The van der Waals surface area contributed by atoms with Gasteiger partial charge in [0, 0.05) is 13.8 Å². The van der Waals surface area contributed by atoms with Gasteiger partial charge in [-0.05, 0) is 19.1 Å². The number of carbonyl (C=O) groups excluding carboxylic acids is 3. The number of carbonyl (C=O) groups is 3. The zero-order chi connectivity index (χ0) is 19.3. The predicted octanol–water partition coefficient (Wildman–Crippen LogP) is 1.96. The highest BCUT2D eigenvalue weighted by Crippen LogP contribution is 2.31. The minimum atomic E-state index is -1.25. The maximum absolute atomic E-state index is 13.5. The van der Waals surface area contributed by atoms with E-state index in [1.54, 1.807) is 24.3 Å². The Bertz CT molecular complexity index is 658. The third-order valence-electron chi connectivity index (χ3n) is 3.90. The van der Waals surface area contributed by atoms with Crippen LogP contribution in [0.4, 0.5) is 4.39 Å². The van der Waals surface area contributed by atoms with E-state index in [4.69, 9.17) is 18.9 Å². The maximum atomic E-state index is 13.5. The monoisotopic (exact) mass is 368 g/mol. The largest absolute Gasteiger partial charge is 0.459 e. The summed E-state index contributed by atoms with van der Waals surface area (Å²) in [6.07, 6.45) is -3.27. The number of hydrogen-bond donors (Lipinski definition) is 0. The minimum Gasteiger partial charge on any atom is -0.459 e. The van der Waals surface area contributed by atoms with Gasteiger partial charge in [0.1, 0.15) is 12.7 Å². The molecule has 142 valence electrons. The van der Waals surface area contributed by atoms with Crippen molar-refractivity contribution in [3.05, 3.63) is 35.4 Å². The predicted molar refractivity (Wildman–Crippen MR) is 86.9 cm³/mol. The normalized spacial score (nSPS) is 24.8. The molecule has 4 atom stereocenters. The third kappa shape index (κ3) is 5.01. The molecule has 1 heterocycles. The molecule has 0 saturated carbocycles. The molecule has 1 aliphatic heterocycles. The number of benzene rings is 1. The van der Waals surface area contributed by atoms with Crippen LogP contribution >= 0.6 is 0 Å². The Morgan fingerprint density at radius 1 is 1.08 bits per heavy atom. The molecule has 7 nitrogen and oxygen atoms in total. The molecule has 26 heavy (non-hydrogen) atoms. The number of rotatable bonds is 6.